The van der Waals surface area contributed by atoms with Gasteiger partial charge in [-0.3, -0.25) is 0 Å². The summed E-state index contributed by atoms with van der Waals surface area (Å²) in [5, 5.41) is 8.57. The van der Waals surface area contributed by atoms with E-state index < -0.39 is 12.0 Å². The van der Waals surface area contributed by atoms with E-state index in [2.05, 4.69) is 12.1 Å². The van der Waals surface area contributed by atoms with E-state index in [0.717, 1.165) is 4.47 Å². The summed E-state index contributed by atoms with van der Waals surface area (Å²) in [7, 11) is 0. The quantitative estimate of drug-likeness (QED) is 0.766. The third-order valence-corrected chi connectivity index (χ3v) is 4.74. The van der Waals surface area contributed by atoms with Crippen LogP contribution < -0.4 is 9.35 Å². The first-order valence-corrected chi connectivity index (χ1v) is 7.17. The zero-order valence-corrected chi connectivity index (χ0v) is 10.0. The fourth-order valence-electron chi connectivity index (χ4n) is 0.944. The Bertz CT molecular complexity index is 289. The van der Waals surface area contributed by atoms with Crippen LogP contribution in [0, 0.1) is 0 Å². The van der Waals surface area contributed by atoms with Crippen molar-refractivity contribution in [2.45, 2.75) is 16.9 Å². The average molecular weight is 307 g/mol. The molecule has 1 aromatic rings. The van der Waals surface area contributed by atoms with Gasteiger partial charge in [0.15, 0.2) is 0 Å². The molecule has 0 fully saturated rings. The first kappa shape index (κ1) is 11.5. The second-order valence-electron chi connectivity index (χ2n) is 2.89. The number of rotatable bonds is 5. The molecule has 1 atom stereocenters. The van der Waals surface area contributed by atoms with Gasteiger partial charge in [0.1, 0.15) is 0 Å². The summed E-state index contributed by atoms with van der Waals surface area (Å²) in [6, 6.07) is 9.50. The second kappa shape index (κ2) is 6.02. The number of carboxylic acid groups (broad SMARTS) is 1. The molecule has 3 N–H and O–H groups in total. The van der Waals surface area contributed by atoms with E-state index in [0.29, 0.717) is 6.42 Å². The number of hydrogen-bond donors (Lipinski definition) is 2. The Kier molecular flexibility index (Phi) is 4.95. The zero-order valence-electron chi connectivity index (χ0n) is 7.72. The number of aliphatic carboxylic acids is 1. The van der Waals surface area contributed by atoms with Crippen LogP contribution in [0.2, 0.25) is 4.47 Å². The summed E-state index contributed by atoms with van der Waals surface area (Å²) in [5.74, 6) is -0.898. The molecule has 1 aromatic carbocycles. The molecule has 1 rings (SSSR count). The van der Waals surface area contributed by atoms with E-state index in [-0.39, 0.29) is 20.9 Å². The normalized spacial score (nSPS) is 12.4. The number of carbonyl (C=O) groups is 1. The van der Waals surface area contributed by atoms with Gasteiger partial charge in [-0.2, -0.15) is 0 Å². The minimum atomic E-state index is -0.898. The molecular weight excluding hydrogens is 294 g/mol. The maximum atomic E-state index is 10.4. The van der Waals surface area contributed by atoms with Gasteiger partial charge in [-0.05, 0) is 0 Å². The molecule has 0 aromatic heterocycles. The predicted molar refractivity (Wildman–Crippen MR) is 56.9 cm³/mol. The number of nitrogens with two attached hydrogens (primary N) is 1. The molecule has 0 radical (unpaired) electrons. The molecule has 76 valence electrons. The Morgan fingerprint density at radius 2 is 2.07 bits per heavy atom. The molecule has 0 saturated carbocycles. The van der Waals surface area contributed by atoms with Crippen LogP contribution in [0.5, 0.6) is 0 Å². The Hall–Kier alpha value is -0.560. The van der Waals surface area contributed by atoms with Crippen LogP contribution in [0.4, 0.5) is 0 Å². The summed E-state index contributed by atoms with van der Waals surface area (Å²) in [5.41, 5.74) is 5.40. The van der Waals surface area contributed by atoms with Crippen molar-refractivity contribution in [2.24, 2.45) is 5.73 Å². The van der Waals surface area contributed by atoms with Gasteiger partial charge in [0, 0.05) is 0 Å². The fourth-order valence-corrected chi connectivity index (χ4v) is 3.68. The SMILES string of the molecule is N[C@@H](CC[Te]c1ccccc1)C(=O)O. The maximum absolute atomic E-state index is 10.4. The number of carboxylic acids is 1. The number of benzene rings is 1. The summed E-state index contributed by atoms with van der Waals surface area (Å²) in [4.78, 5) is 10.4. The predicted octanol–water partition coefficient (Wildman–Crippen LogP) is 0.236. The molecule has 0 aliphatic heterocycles. The third-order valence-electron chi connectivity index (χ3n) is 1.76. The second-order valence-corrected chi connectivity index (χ2v) is 6.23. The molecule has 14 heavy (non-hydrogen) atoms. The molecule has 3 nitrogen and oxygen atoms in total. The Labute approximate surface area is 93.4 Å². The van der Waals surface area contributed by atoms with Crippen molar-refractivity contribution in [3.63, 3.8) is 0 Å². The van der Waals surface area contributed by atoms with Crippen molar-refractivity contribution in [1.29, 1.82) is 0 Å². The Morgan fingerprint density at radius 3 is 2.64 bits per heavy atom. The van der Waals surface area contributed by atoms with Gasteiger partial charge in [-0.1, -0.05) is 0 Å². The van der Waals surface area contributed by atoms with Crippen LogP contribution in [0.15, 0.2) is 30.3 Å². The van der Waals surface area contributed by atoms with Crippen LogP contribution in [0.3, 0.4) is 0 Å². The first-order valence-electron chi connectivity index (χ1n) is 4.36. The van der Waals surface area contributed by atoms with Crippen molar-refractivity contribution in [1.82, 2.24) is 0 Å². The molecule has 0 saturated heterocycles. The van der Waals surface area contributed by atoms with Crippen LogP contribution >= 0.6 is 0 Å². The fraction of sp³-hybridized carbons (Fsp3) is 0.300. The standard InChI is InChI=1S/C10H13NO2Te/c11-9(10(12)13)6-7-14-8-4-2-1-3-5-8/h1-5,9H,6-7,11H2,(H,12,13)/t9-/m0/s1. The van der Waals surface area contributed by atoms with E-state index in [4.69, 9.17) is 10.8 Å². The molecule has 0 aliphatic carbocycles. The topological polar surface area (TPSA) is 63.3 Å². The van der Waals surface area contributed by atoms with Crippen molar-refractivity contribution in [3.05, 3.63) is 30.3 Å². The van der Waals surface area contributed by atoms with Crippen molar-refractivity contribution in [3.8, 4) is 0 Å². The average Bonchev–Trinajstić information content (AvgIpc) is 2.19. The van der Waals surface area contributed by atoms with E-state index in [1.807, 2.05) is 18.2 Å². The van der Waals surface area contributed by atoms with Crippen molar-refractivity contribution in [2.75, 3.05) is 0 Å². The summed E-state index contributed by atoms with van der Waals surface area (Å²) in [6.45, 7) is 0. The summed E-state index contributed by atoms with van der Waals surface area (Å²) in [6.07, 6.45) is 0.590. The molecule has 0 bridgehead atoms. The molecule has 0 amide bonds. The van der Waals surface area contributed by atoms with Gasteiger partial charge >= 0.3 is 93.4 Å². The molecule has 0 spiro atoms. The monoisotopic (exact) mass is 309 g/mol. The van der Waals surface area contributed by atoms with E-state index in [1.165, 1.54) is 3.61 Å². The van der Waals surface area contributed by atoms with E-state index >= 15 is 0 Å². The Balaban J connectivity index is 2.26. The van der Waals surface area contributed by atoms with Gasteiger partial charge in [0.25, 0.3) is 0 Å². The van der Waals surface area contributed by atoms with Crippen molar-refractivity contribution >= 4 is 30.5 Å². The van der Waals surface area contributed by atoms with E-state index in [1.54, 1.807) is 0 Å². The van der Waals surface area contributed by atoms with Gasteiger partial charge in [0.05, 0.1) is 0 Å². The van der Waals surface area contributed by atoms with Crippen LogP contribution in [-0.4, -0.2) is 38.0 Å². The van der Waals surface area contributed by atoms with Crippen LogP contribution in [0.25, 0.3) is 0 Å². The first-order chi connectivity index (χ1) is 6.70. The van der Waals surface area contributed by atoms with Gasteiger partial charge < -0.3 is 0 Å². The minimum absolute atomic E-state index is 0.251. The third kappa shape index (κ3) is 4.10. The molecule has 0 unspecified atom stereocenters. The van der Waals surface area contributed by atoms with Crippen molar-refractivity contribution < 1.29 is 9.90 Å². The molecular formula is C10H13NO2Te. The van der Waals surface area contributed by atoms with E-state index in [9.17, 15) is 4.79 Å². The van der Waals surface area contributed by atoms with Gasteiger partial charge in [-0.25, -0.2) is 0 Å². The molecule has 0 aliphatic rings. The molecule has 0 heterocycles. The zero-order chi connectivity index (χ0) is 10.4. The van der Waals surface area contributed by atoms with Gasteiger partial charge in [0.2, 0.25) is 0 Å². The van der Waals surface area contributed by atoms with Crippen LogP contribution in [-0.2, 0) is 4.79 Å². The number of hydrogen-bond acceptors (Lipinski definition) is 2. The molecule has 4 heteroatoms. The van der Waals surface area contributed by atoms with Crippen LogP contribution in [0.1, 0.15) is 6.42 Å². The Morgan fingerprint density at radius 1 is 1.43 bits per heavy atom. The van der Waals surface area contributed by atoms with Gasteiger partial charge in [-0.15, -0.1) is 0 Å². The summed E-state index contributed by atoms with van der Waals surface area (Å²) < 4.78 is 2.30. The summed E-state index contributed by atoms with van der Waals surface area (Å²) >= 11 is -0.251.